The highest BCUT2D eigenvalue weighted by Gasteiger charge is 2.32. The van der Waals surface area contributed by atoms with Crippen molar-refractivity contribution >= 4 is 44.0 Å². The lowest BCUT2D eigenvalue weighted by atomic mass is 9.95. The Morgan fingerprint density at radius 1 is 1.04 bits per heavy atom. The minimum atomic E-state index is -3.29. The molecule has 0 bridgehead atoms. The van der Waals surface area contributed by atoms with E-state index in [1.807, 2.05) is 12.1 Å². The molecule has 1 N–H and O–H groups in total. The molecule has 3 rings (SSSR count). The average molecular weight is 471 g/mol. The summed E-state index contributed by atoms with van der Waals surface area (Å²) in [5.41, 5.74) is 0. The zero-order chi connectivity index (χ0) is 19.7. The molecule has 146 valence electrons. The number of aromatic nitrogens is 1. The molecule has 0 unspecified atom stereocenters. The molecule has 27 heavy (non-hydrogen) atoms. The van der Waals surface area contributed by atoms with Gasteiger partial charge in [-0.05, 0) is 75.4 Å². The van der Waals surface area contributed by atoms with Crippen molar-refractivity contribution in [2.75, 3.05) is 18.6 Å². The third-order valence-corrected chi connectivity index (χ3v) is 9.29. The van der Waals surface area contributed by atoms with Crippen LogP contribution in [-0.4, -0.2) is 38.0 Å². The third-order valence-electron chi connectivity index (χ3n) is 4.98. The minimum absolute atomic E-state index is 0.203. The van der Waals surface area contributed by atoms with E-state index in [1.54, 1.807) is 43.8 Å². The van der Waals surface area contributed by atoms with Crippen LogP contribution in [-0.2, 0) is 14.4 Å². The van der Waals surface area contributed by atoms with Crippen LogP contribution in [0.2, 0.25) is 0 Å². The van der Waals surface area contributed by atoms with Gasteiger partial charge in [0, 0.05) is 22.0 Å². The molecule has 1 fully saturated rings. The Hall–Kier alpha value is -1.17. The van der Waals surface area contributed by atoms with Crippen molar-refractivity contribution < 1.29 is 13.0 Å². The first-order chi connectivity index (χ1) is 12.7. The van der Waals surface area contributed by atoms with E-state index in [4.69, 9.17) is 0 Å². The number of sulfone groups is 1. The summed E-state index contributed by atoms with van der Waals surface area (Å²) in [5, 5.41) is 3.80. The molecule has 1 aromatic carbocycles. The SMILES string of the molecule is CP(C)(=O)c1ccc(N[C@H]2CC[C@H](S(=O)(=O)c3ccc(Br)cc3)CC2)nc1. The van der Waals surface area contributed by atoms with Crippen molar-refractivity contribution in [2.45, 2.75) is 41.9 Å². The minimum Gasteiger partial charge on any atom is -0.367 e. The molecule has 5 nitrogen and oxygen atoms in total. The van der Waals surface area contributed by atoms with Crippen molar-refractivity contribution in [3.8, 4) is 0 Å². The summed E-state index contributed by atoms with van der Waals surface area (Å²) >= 11 is 3.34. The molecule has 8 heteroatoms. The lowest BCUT2D eigenvalue weighted by molar-refractivity contribution is 0.451. The monoisotopic (exact) mass is 470 g/mol. The van der Waals surface area contributed by atoms with E-state index in [1.165, 1.54) is 0 Å². The number of nitrogens with zero attached hydrogens (tertiary/aromatic N) is 1. The molecule has 1 heterocycles. The van der Waals surface area contributed by atoms with Gasteiger partial charge in [0.2, 0.25) is 0 Å². The quantitative estimate of drug-likeness (QED) is 0.659. The van der Waals surface area contributed by atoms with Crippen molar-refractivity contribution in [3.05, 3.63) is 47.1 Å². The van der Waals surface area contributed by atoms with Gasteiger partial charge >= 0.3 is 0 Å². The number of halogens is 1. The number of rotatable bonds is 5. The Morgan fingerprint density at radius 2 is 1.67 bits per heavy atom. The summed E-state index contributed by atoms with van der Waals surface area (Å²) in [4.78, 5) is 4.75. The summed E-state index contributed by atoms with van der Waals surface area (Å²) < 4.78 is 38.6. The zero-order valence-corrected chi connectivity index (χ0v) is 18.7. The Bertz CT molecular complexity index is 932. The van der Waals surface area contributed by atoms with Gasteiger partial charge in [-0.2, -0.15) is 0 Å². The second-order valence-corrected chi connectivity index (χ2v) is 13.7. The number of anilines is 1. The van der Waals surface area contributed by atoms with Gasteiger partial charge in [0.1, 0.15) is 13.0 Å². The van der Waals surface area contributed by atoms with E-state index in [0.717, 1.165) is 28.4 Å². The summed E-state index contributed by atoms with van der Waals surface area (Å²) in [6.07, 6.45) is 4.49. The second kappa shape index (κ2) is 8.06. The van der Waals surface area contributed by atoms with E-state index in [9.17, 15) is 13.0 Å². The largest absolute Gasteiger partial charge is 0.367 e. The molecule has 0 saturated heterocycles. The molecule has 0 spiro atoms. The molecule has 1 aliphatic carbocycles. The van der Waals surface area contributed by atoms with Crippen LogP contribution in [0, 0.1) is 0 Å². The van der Waals surface area contributed by atoms with Gasteiger partial charge in [-0.15, -0.1) is 0 Å². The molecule has 2 aromatic rings. The predicted molar refractivity (Wildman–Crippen MR) is 114 cm³/mol. The molecule has 1 saturated carbocycles. The fourth-order valence-electron chi connectivity index (χ4n) is 3.33. The highest BCUT2D eigenvalue weighted by molar-refractivity contribution is 9.10. The van der Waals surface area contributed by atoms with Crippen LogP contribution in [0.15, 0.2) is 52.0 Å². The molecule has 0 radical (unpaired) electrons. The van der Waals surface area contributed by atoms with Crippen LogP contribution in [0.3, 0.4) is 0 Å². The molecule has 0 aliphatic heterocycles. The molecular weight excluding hydrogens is 447 g/mol. The van der Waals surface area contributed by atoms with E-state index < -0.39 is 17.0 Å². The number of benzene rings is 1. The van der Waals surface area contributed by atoms with Crippen molar-refractivity contribution in [1.82, 2.24) is 4.98 Å². The van der Waals surface area contributed by atoms with Crippen molar-refractivity contribution in [2.24, 2.45) is 0 Å². The van der Waals surface area contributed by atoms with E-state index in [-0.39, 0.29) is 11.3 Å². The topological polar surface area (TPSA) is 76.1 Å². The van der Waals surface area contributed by atoms with Gasteiger partial charge in [-0.1, -0.05) is 15.9 Å². The van der Waals surface area contributed by atoms with E-state index in [0.29, 0.717) is 17.7 Å². The lowest BCUT2D eigenvalue weighted by Gasteiger charge is -2.29. The van der Waals surface area contributed by atoms with Gasteiger partial charge in [-0.25, -0.2) is 13.4 Å². The number of pyridine rings is 1. The zero-order valence-electron chi connectivity index (χ0n) is 15.4. The standard InChI is InChI=1S/C19H24BrN2O3PS/c1-26(2,23)16-7-12-19(21-13-16)22-15-5-10-18(11-6-15)27(24,25)17-8-3-14(20)4-9-17/h3-4,7-9,12-13,15,18H,5-6,10-11H2,1-2H3,(H,21,22)/t15-,18-. The highest BCUT2D eigenvalue weighted by Crippen LogP contribution is 2.34. The van der Waals surface area contributed by atoms with Crippen LogP contribution < -0.4 is 10.6 Å². The summed E-state index contributed by atoms with van der Waals surface area (Å²) in [6.45, 7) is 3.45. The van der Waals surface area contributed by atoms with Gasteiger partial charge in [0.25, 0.3) is 0 Å². The normalized spacial score (nSPS) is 21.0. The summed E-state index contributed by atoms with van der Waals surface area (Å²) in [6, 6.07) is 10.8. The molecule has 1 aliphatic rings. The first-order valence-corrected chi connectivity index (χ1v) is 13.9. The van der Waals surface area contributed by atoms with Gasteiger partial charge < -0.3 is 9.88 Å². The van der Waals surface area contributed by atoms with Crippen LogP contribution in [0.1, 0.15) is 25.7 Å². The predicted octanol–water partition coefficient (Wildman–Crippen LogP) is 4.29. The van der Waals surface area contributed by atoms with E-state index >= 15 is 0 Å². The number of hydrogen-bond donors (Lipinski definition) is 1. The summed E-state index contributed by atoms with van der Waals surface area (Å²) in [5.74, 6) is 0.742. The Balaban J connectivity index is 1.60. The van der Waals surface area contributed by atoms with E-state index in [2.05, 4.69) is 26.2 Å². The fourth-order valence-corrected chi connectivity index (χ4v) is 6.16. The Labute approximate surface area is 169 Å². The first kappa shape index (κ1) is 20.6. The molecular formula is C19H24BrN2O3PS. The van der Waals surface area contributed by atoms with Crippen LogP contribution in [0.25, 0.3) is 0 Å². The first-order valence-electron chi connectivity index (χ1n) is 8.94. The highest BCUT2D eigenvalue weighted by atomic mass is 79.9. The molecule has 1 aromatic heterocycles. The second-order valence-electron chi connectivity index (χ2n) is 7.37. The molecule has 0 atom stereocenters. The van der Waals surface area contributed by atoms with Gasteiger partial charge in [-0.3, -0.25) is 0 Å². The van der Waals surface area contributed by atoms with Gasteiger partial charge in [0.05, 0.1) is 10.1 Å². The van der Waals surface area contributed by atoms with Crippen LogP contribution in [0.4, 0.5) is 5.82 Å². The lowest BCUT2D eigenvalue weighted by Crippen LogP contribution is -2.33. The fraction of sp³-hybridized carbons (Fsp3) is 0.421. The van der Waals surface area contributed by atoms with Gasteiger partial charge in [0.15, 0.2) is 9.84 Å². The van der Waals surface area contributed by atoms with Crippen LogP contribution >= 0.6 is 23.1 Å². The third kappa shape index (κ3) is 5.01. The summed E-state index contributed by atoms with van der Waals surface area (Å²) in [7, 11) is -5.59. The van der Waals surface area contributed by atoms with Crippen LogP contribution in [0.5, 0.6) is 0 Å². The average Bonchev–Trinajstić information content (AvgIpc) is 2.62. The maximum atomic E-state index is 12.8. The smallest absolute Gasteiger partial charge is 0.181 e. The maximum Gasteiger partial charge on any atom is 0.181 e. The maximum absolute atomic E-state index is 12.8. The Morgan fingerprint density at radius 3 is 2.19 bits per heavy atom. The van der Waals surface area contributed by atoms with Crippen molar-refractivity contribution in [3.63, 3.8) is 0 Å². The number of nitrogens with one attached hydrogen (secondary N) is 1. The molecule has 0 amide bonds. The van der Waals surface area contributed by atoms with Crippen molar-refractivity contribution in [1.29, 1.82) is 0 Å². The number of hydrogen-bond acceptors (Lipinski definition) is 5. The Kier molecular flexibility index (Phi) is 6.14.